The normalized spacial score (nSPS) is 25.3. The Kier molecular flexibility index (Phi) is 4.27. The highest BCUT2D eigenvalue weighted by Gasteiger charge is 2.47. The first-order valence-corrected chi connectivity index (χ1v) is 9.29. The van der Waals surface area contributed by atoms with Crippen molar-refractivity contribution in [3.05, 3.63) is 71.3 Å². The molecule has 0 radical (unpaired) electrons. The molecule has 1 heterocycles. The summed E-state index contributed by atoms with van der Waals surface area (Å²) in [6.07, 6.45) is 2.42. The number of imide groups is 1. The van der Waals surface area contributed by atoms with E-state index < -0.39 is 0 Å². The minimum Gasteiger partial charge on any atom is -0.322 e. The van der Waals surface area contributed by atoms with Gasteiger partial charge in [-0.05, 0) is 42.9 Å². The van der Waals surface area contributed by atoms with Gasteiger partial charge in [-0.2, -0.15) is 0 Å². The van der Waals surface area contributed by atoms with Crippen molar-refractivity contribution in [2.75, 3.05) is 7.05 Å². The first-order valence-electron chi connectivity index (χ1n) is 9.29. The number of amides is 3. The number of rotatable bonds is 2. The number of fused-ring (bicyclic) bond motifs is 1. The number of urea groups is 1. The van der Waals surface area contributed by atoms with Crippen LogP contribution in [0, 0.1) is 5.92 Å². The van der Waals surface area contributed by atoms with Crippen LogP contribution in [0.5, 0.6) is 0 Å². The van der Waals surface area contributed by atoms with Crippen molar-refractivity contribution < 1.29 is 9.59 Å². The van der Waals surface area contributed by atoms with Crippen LogP contribution < -0.4 is 0 Å². The molecule has 0 N–H and O–H groups in total. The van der Waals surface area contributed by atoms with Crippen LogP contribution in [-0.2, 0) is 17.6 Å². The molecule has 2 aromatic carbocycles. The van der Waals surface area contributed by atoms with E-state index in [0.717, 1.165) is 24.8 Å². The van der Waals surface area contributed by atoms with Crippen LogP contribution in [0.2, 0.25) is 0 Å². The van der Waals surface area contributed by atoms with Gasteiger partial charge in [0.2, 0.25) is 5.91 Å². The van der Waals surface area contributed by atoms with Gasteiger partial charge in [0.1, 0.15) is 0 Å². The lowest BCUT2D eigenvalue weighted by atomic mass is 9.83. The lowest BCUT2D eigenvalue weighted by Gasteiger charge is -2.30. The number of carbonyl (C=O) groups is 2. The van der Waals surface area contributed by atoms with Gasteiger partial charge >= 0.3 is 6.03 Å². The summed E-state index contributed by atoms with van der Waals surface area (Å²) >= 11 is 0. The quantitative estimate of drug-likeness (QED) is 0.828. The van der Waals surface area contributed by atoms with E-state index in [1.807, 2.05) is 49.4 Å². The number of hydrogen-bond donors (Lipinski definition) is 0. The Balaban J connectivity index is 1.64. The number of benzene rings is 2. The molecule has 26 heavy (non-hydrogen) atoms. The van der Waals surface area contributed by atoms with Crippen LogP contribution in [0.15, 0.2) is 54.6 Å². The van der Waals surface area contributed by atoms with Crippen molar-refractivity contribution in [3.63, 3.8) is 0 Å². The third-order valence-electron chi connectivity index (χ3n) is 5.93. The summed E-state index contributed by atoms with van der Waals surface area (Å²) in [5.74, 6) is -0.159. The Bertz CT molecular complexity index is 833. The molecule has 1 aliphatic heterocycles. The zero-order valence-electron chi connectivity index (χ0n) is 15.3. The first-order chi connectivity index (χ1) is 12.6. The van der Waals surface area contributed by atoms with Gasteiger partial charge in [0.25, 0.3) is 0 Å². The molecular weight excluding hydrogens is 324 g/mol. The fourth-order valence-corrected chi connectivity index (χ4v) is 4.31. The van der Waals surface area contributed by atoms with Crippen molar-refractivity contribution in [1.82, 2.24) is 9.80 Å². The first kappa shape index (κ1) is 16.8. The smallest absolute Gasteiger partial charge is 0.322 e. The van der Waals surface area contributed by atoms with Crippen LogP contribution in [0.25, 0.3) is 0 Å². The molecule has 3 amide bonds. The van der Waals surface area contributed by atoms with E-state index >= 15 is 0 Å². The molecule has 4 heteroatoms. The van der Waals surface area contributed by atoms with Gasteiger partial charge in [-0.3, -0.25) is 9.69 Å². The van der Waals surface area contributed by atoms with E-state index in [1.54, 1.807) is 11.9 Å². The van der Waals surface area contributed by atoms with E-state index in [0.29, 0.717) is 0 Å². The maximum Gasteiger partial charge on any atom is 0.327 e. The van der Waals surface area contributed by atoms with E-state index in [-0.39, 0.29) is 29.9 Å². The molecule has 0 aromatic heterocycles. The molecular formula is C22H24N2O2. The molecule has 3 atom stereocenters. The van der Waals surface area contributed by atoms with Gasteiger partial charge < -0.3 is 4.90 Å². The summed E-state index contributed by atoms with van der Waals surface area (Å²) < 4.78 is 0. The summed E-state index contributed by atoms with van der Waals surface area (Å²) in [4.78, 5) is 29.4. The van der Waals surface area contributed by atoms with Crippen LogP contribution in [0.3, 0.4) is 0 Å². The summed E-state index contributed by atoms with van der Waals surface area (Å²) in [7, 11) is 1.78. The summed E-state index contributed by atoms with van der Waals surface area (Å²) in [5.41, 5.74) is 3.58. The molecule has 134 valence electrons. The van der Waals surface area contributed by atoms with Crippen LogP contribution in [0.1, 0.15) is 36.1 Å². The molecule has 1 aliphatic carbocycles. The third-order valence-corrected chi connectivity index (χ3v) is 5.93. The highest BCUT2D eigenvalue weighted by molar-refractivity contribution is 5.98. The number of aryl methyl sites for hydroxylation is 1. The SMILES string of the molecule is C[C@@H]1[C@H](c2ccccc2)N(C(=O)[C@@H]2CCc3ccccc3C2)C(=O)N1C. The van der Waals surface area contributed by atoms with Gasteiger partial charge in [-0.1, -0.05) is 54.6 Å². The Morgan fingerprint density at radius 1 is 1.00 bits per heavy atom. The molecule has 2 aromatic rings. The van der Waals surface area contributed by atoms with Crippen molar-refractivity contribution in [2.24, 2.45) is 5.92 Å². The largest absolute Gasteiger partial charge is 0.327 e. The molecule has 0 spiro atoms. The minimum absolute atomic E-state index is 0.0328. The Morgan fingerprint density at radius 3 is 2.38 bits per heavy atom. The van der Waals surface area contributed by atoms with Crippen LogP contribution in [0.4, 0.5) is 4.79 Å². The molecule has 1 fully saturated rings. The summed E-state index contributed by atoms with van der Waals surface area (Å²) in [6.45, 7) is 2.01. The molecule has 0 bridgehead atoms. The number of carbonyl (C=O) groups excluding carboxylic acids is 2. The molecule has 4 rings (SSSR count). The fourth-order valence-electron chi connectivity index (χ4n) is 4.31. The topological polar surface area (TPSA) is 40.6 Å². The van der Waals surface area contributed by atoms with Crippen LogP contribution >= 0.6 is 0 Å². The standard InChI is InChI=1S/C22H24N2O2/c1-15-20(17-9-4-3-5-10-17)24(22(26)23(15)2)21(25)19-13-12-16-8-6-7-11-18(16)14-19/h3-11,15,19-20H,12-14H2,1-2H3/t15-,19-,20-/m1/s1. The van der Waals surface area contributed by atoms with E-state index in [9.17, 15) is 9.59 Å². The van der Waals surface area contributed by atoms with E-state index in [4.69, 9.17) is 0 Å². The monoisotopic (exact) mass is 348 g/mol. The van der Waals surface area contributed by atoms with Gasteiger partial charge in [0.15, 0.2) is 0 Å². The highest BCUT2D eigenvalue weighted by atomic mass is 16.2. The Labute approximate surface area is 154 Å². The van der Waals surface area contributed by atoms with Crippen molar-refractivity contribution >= 4 is 11.9 Å². The molecule has 4 nitrogen and oxygen atoms in total. The van der Waals surface area contributed by atoms with Crippen LogP contribution in [-0.4, -0.2) is 34.8 Å². The van der Waals surface area contributed by atoms with E-state index in [1.165, 1.54) is 16.0 Å². The number of likely N-dealkylation sites (N-methyl/N-ethyl adjacent to an activating group) is 1. The fraction of sp³-hybridized carbons (Fsp3) is 0.364. The average molecular weight is 348 g/mol. The Morgan fingerprint density at radius 2 is 1.65 bits per heavy atom. The molecule has 1 saturated heterocycles. The average Bonchev–Trinajstić information content (AvgIpc) is 2.91. The molecule has 0 saturated carbocycles. The van der Waals surface area contributed by atoms with Gasteiger partial charge in [0, 0.05) is 13.0 Å². The second kappa shape index (κ2) is 6.60. The highest BCUT2D eigenvalue weighted by Crippen LogP contribution is 2.37. The third kappa shape index (κ3) is 2.70. The Hall–Kier alpha value is -2.62. The molecule has 2 aliphatic rings. The van der Waals surface area contributed by atoms with Gasteiger partial charge in [-0.25, -0.2) is 4.79 Å². The zero-order valence-corrected chi connectivity index (χ0v) is 15.3. The van der Waals surface area contributed by atoms with E-state index in [2.05, 4.69) is 12.1 Å². The number of hydrogen-bond acceptors (Lipinski definition) is 2. The minimum atomic E-state index is -0.224. The van der Waals surface area contributed by atoms with Crippen molar-refractivity contribution in [1.29, 1.82) is 0 Å². The molecule has 0 unspecified atom stereocenters. The predicted molar refractivity (Wildman–Crippen MR) is 101 cm³/mol. The summed E-state index contributed by atoms with van der Waals surface area (Å²) in [6, 6.07) is 17.8. The van der Waals surface area contributed by atoms with Crippen molar-refractivity contribution in [2.45, 2.75) is 38.3 Å². The van der Waals surface area contributed by atoms with Gasteiger partial charge in [-0.15, -0.1) is 0 Å². The summed E-state index contributed by atoms with van der Waals surface area (Å²) in [5, 5.41) is 0. The second-order valence-electron chi connectivity index (χ2n) is 7.41. The van der Waals surface area contributed by atoms with Crippen molar-refractivity contribution in [3.8, 4) is 0 Å². The lowest BCUT2D eigenvalue weighted by Crippen LogP contribution is -2.42. The zero-order chi connectivity index (χ0) is 18.3. The van der Waals surface area contributed by atoms with Gasteiger partial charge in [0.05, 0.1) is 12.1 Å². The lowest BCUT2D eigenvalue weighted by molar-refractivity contribution is -0.134. The second-order valence-corrected chi connectivity index (χ2v) is 7.41. The predicted octanol–water partition coefficient (Wildman–Crippen LogP) is 3.82. The number of nitrogens with zero attached hydrogens (tertiary/aromatic N) is 2. The maximum atomic E-state index is 13.4. The maximum absolute atomic E-state index is 13.4.